The van der Waals surface area contributed by atoms with Crippen LogP contribution in [0.1, 0.15) is 11.1 Å². The van der Waals surface area contributed by atoms with Crippen LogP contribution in [0.5, 0.6) is 0 Å². The number of hydrogen-bond donors (Lipinski definition) is 1. The lowest BCUT2D eigenvalue weighted by molar-refractivity contribution is -0.137. The van der Waals surface area contributed by atoms with Gasteiger partial charge in [0.1, 0.15) is 0 Å². The van der Waals surface area contributed by atoms with Gasteiger partial charge in [0.15, 0.2) is 0 Å². The number of sulfonamides is 1. The Morgan fingerprint density at radius 1 is 1.04 bits per heavy atom. The van der Waals surface area contributed by atoms with Crippen molar-refractivity contribution < 1.29 is 21.6 Å². The molecule has 0 spiro atoms. The number of aromatic nitrogens is 1. The summed E-state index contributed by atoms with van der Waals surface area (Å²) in [6.07, 6.45) is -3.21. The van der Waals surface area contributed by atoms with Crippen molar-refractivity contribution in [2.24, 2.45) is 0 Å². The van der Waals surface area contributed by atoms with E-state index in [1.165, 1.54) is 30.5 Å². The third-order valence-corrected chi connectivity index (χ3v) is 4.99. The zero-order chi connectivity index (χ0) is 18.2. The highest BCUT2D eigenvalue weighted by atomic mass is 32.2. The molecule has 0 saturated carbocycles. The zero-order valence-corrected chi connectivity index (χ0v) is 13.8. The lowest BCUT2D eigenvalue weighted by Gasteiger charge is -2.14. The minimum atomic E-state index is -4.60. The lowest BCUT2D eigenvalue weighted by atomic mass is 10.1. The first kappa shape index (κ1) is 17.2. The van der Waals surface area contributed by atoms with Crippen molar-refractivity contribution in [2.75, 3.05) is 4.72 Å². The van der Waals surface area contributed by atoms with E-state index in [-0.39, 0.29) is 21.5 Å². The number of pyridine rings is 1. The fraction of sp³-hybridized carbons (Fsp3) is 0.118. The minimum Gasteiger partial charge on any atom is -0.277 e. The van der Waals surface area contributed by atoms with Gasteiger partial charge in [0.2, 0.25) is 0 Å². The number of anilines is 1. The standard InChI is InChI=1S/C17H13F3N2O2S/c1-11-4-6-14(7-5-11)25(23,24)22-15-10-13(17(18,19)20)9-12-3-2-8-21-16(12)15/h2-10,22H,1H3. The highest BCUT2D eigenvalue weighted by Crippen LogP contribution is 2.35. The van der Waals surface area contributed by atoms with E-state index in [0.29, 0.717) is 0 Å². The number of hydrogen-bond acceptors (Lipinski definition) is 3. The smallest absolute Gasteiger partial charge is 0.277 e. The van der Waals surface area contributed by atoms with Gasteiger partial charge in [0.25, 0.3) is 10.0 Å². The maximum absolute atomic E-state index is 13.1. The molecule has 0 saturated heterocycles. The Labute approximate surface area is 142 Å². The fourth-order valence-electron chi connectivity index (χ4n) is 2.35. The molecule has 8 heteroatoms. The van der Waals surface area contributed by atoms with Crippen LogP contribution in [-0.4, -0.2) is 13.4 Å². The quantitative estimate of drug-likeness (QED) is 0.749. The van der Waals surface area contributed by atoms with Crippen molar-refractivity contribution in [1.82, 2.24) is 4.98 Å². The van der Waals surface area contributed by atoms with Crippen molar-refractivity contribution in [2.45, 2.75) is 18.0 Å². The second-order valence-electron chi connectivity index (χ2n) is 5.52. The maximum atomic E-state index is 13.1. The van der Waals surface area contributed by atoms with Crippen molar-refractivity contribution in [3.8, 4) is 0 Å². The van der Waals surface area contributed by atoms with Crippen LogP contribution < -0.4 is 4.72 Å². The molecule has 3 aromatic rings. The van der Waals surface area contributed by atoms with Crippen LogP contribution in [0, 0.1) is 6.92 Å². The summed E-state index contributed by atoms with van der Waals surface area (Å²) < 4.78 is 66.5. The highest BCUT2D eigenvalue weighted by Gasteiger charge is 2.32. The molecule has 2 aromatic carbocycles. The molecule has 0 radical (unpaired) electrons. The molecule has 0 unspecified atom stereocenters. The van der Waals surface area contributed by atoms with E-state index in [0.717, 1.165) is 17.7 Å². The Hall–Kier alpha value is -2.61. The normalized spacial score (nSPS) is 12.3. The number of alkyl halides is 3. The van der Waals surface area contributed by atoms with Gasteiger partial charge in [-0.3, -0.25) is 9.71 Å². The molecule has 4 nitrogen and oxygen atoms in total. The Bertz CT molecular complexity index is 1030. The monoisotopic (exact) mass is 366 g/mol. The third-order valence-electron chi connectivity index (χ3n) is 3.61. The first-order valence-corrected chi connectivity index (χ1v) is 8.70. The fourth-order valence-corrected chi connectivity index (χ4v) is 3.41. The molecular weight excluding hydrogens is 353 g/mol. The van der Waals surface area contributed by atoms with Crippen LogP contribution in [0.2, 0.25) is 0 Å². The Morgan fingerprint density at radius 3 is 2.36 bits per heavy atom. The van der Waals surface area contributed by atoms with Crippen molar-refractivity contribution in [3.63, 3.8) is 0 Å². The minimum absolute atomic E-state index is 0.0420. The number of aryl methyl sites for hydroxylation is 1. The average molecular weight is 366 g/mol. The van der Waals surface area contributed by atoms with Crippen molar-refractivity contribution in [1.29, 1.82) is 0 Å². The molecule has 0 aliphatic rings. The van der Waals surface area contributed by atoms with Gasteiger partial charge < -0.3 is 0 Å². The molecular formula is C17H13F3N2O2S. The largest absolute Gasteiger partial charge is 0.416 e. The number of benzene rings is 2. The Kier molecular flexibility index (Phi) is 4.16. The summed E-state index contributed by atoms with van der Waals surface area (Å²) in [7, 11) is -4.04. The van der Waals surface area contributed by atoms with Gasteiger partial charge in [-0.1, -0.05) is 23.8 Å². The third kappa shape index (κ3) is 3.58. The number of rotatable bonds is 3. The van der Waals surface area contributed by atoms with E-state index in [9.17, 15) is 21.6 Å². The first-order valence-electron chi connectivity index (χ1n) is 7.22. The van der Waals surface area contributed by atoms with Gasteiger partial charge in [0.05, 0.1) is 21.7 Å². The highest BCUT2D eigenvalue weighted by molar-refractivity contribution is 7.92. The first-order chi connectivity index (χ1) is 11.7. The van der Waals surface area contributed by atoms with E-state index in [4.69, 9.17) is 0 Å². The maximum Gasteiger partial charge on any atom is 0.416 e. The molecule has 0 bridgehead atoms. The molecule has 1 heterocycles. The molecule has 130 valence electrons. The average Bonchev–Trinajstić information content (AvgIpc) is 2.54. The van der Waals surface area contributed by atoms with E-state index in [2.05, 4.69) is 9.71 Å². The molecule has 0 aliphatic heterocycles. The summed E-state index contributed by atoms with van der Waals surface area (Å²) in [5.41, 5.74) is -0.156. The molecule has 0 amide bonds. The Morgan fingerprint density at radius 2 is 1.72 bits per heavy atom. The summed E-state index contributed by atoms with van der Waals surface area (Å²) in [4.78, 5) is 3.96. The molecule has 1 N–H and O–H groups in total. The number of nitrogens with zero attached hydrogens (tertiary/aromatic N) is 1. The number of fused-ring (bicyclic) bond motifs is 1. The molecule has 25 heavy (non-hydrogen) atoms. The molecule has 0 aliphatic carbocycles. The van der Waals surface area contributed by atoms with Crippen LogP contribution in [0.4, 0.5) is 18.9 Å². The molecule has 0 atom stereocenters. The topological polar surface area (TPSA) is 59.1 Å². The second kappa shape index (κ2) is 6.03. The SMILES string of the molecule is Cc1ccc(S(=O)(=O)Nc2cc(C(F)(F)F)cc3cccnc23)cc1. The van der Waals surface area contributed by atoms with Crippen LogP contribution in [0.15, 0.2) is 59.6 Å². The van der Waals surface area contributed by atoms with Crippen LogP contribution in [-0.2, 0) is 16.2 Å². The predicted molar refractivity (Wildman–Crippen MR) is 88.7 cm³/mol. The van der Waals surface area contributed by atoms with Crippen molar-refractivity contribution >= 4 is 26.6 Å². The molecule has 3 rings (SSSR count). The van der Waals surface area contributed by atoms with Crippen LogP contribution in [0.3, 0.4) is 0 Å². The van der Waals surface area contributed by atoms with Crippen LogP contribution >= 0.6 is 0 Å². The van der Waals surface area contributed by atoms with E-state index in [1.54, 1.807) is 19.1 Å². The van der Waals surface area contributed by atoms with Gasteiger partial charge in [-0.25, -0.2) is 8.42 Å². The van der Waals surface area contributed by atoms with Gasteiger partial charge in [-0.15, -0.1) is 0 Å². The molecule has 1 aromatic heterocycles. The van der Waals surface area contributed by atoms with Crippen LogP contribution in [0.25, 0.3) is 10.9 Å². The van der Waals surface area contributed by atoms with Gasteiger partial charge in [-0.05, 0) is 37.3 Å². The summed E-state index contributed by atoms with van der Waals surface area (Å²) in [5, 5.41) is 0.193. The van der Waals surface area contributed by atoms with Gasteiger partial charge in [-0.2, -0.15) is 13.2 Å². The Balaban J connectivity index is 2.13. The lowest BCUT2D eigenvalue weighted by Crippen LogP contribution is -2.15. The van der Waals surface area contributed by atoms with Gasteiger partial charge >= 0.3 is 6.18 Å². The van der Waals surface area contributed by atoms with E-state index < -0.39 is 21.8 Å². The number of nitrogens with one attached hydrogen (secondary N) is 1. The summed E-state index contributed by atoms with van der Waals surface area (Å²) in [6.45, 7) is 1.80. The zero-order valence-electron chi connectivity index (χ0n) is 13.0. The van der Waals surface area contributed by atoms with Crippen molar-refractivity contribution in [3.05, 3.63) is 65.9 Å². The summed E-state index contributed by atoms with van der Waals surface area (Å²) >= 11 is 0. The summed E-state index contributed by atoms with van der Waals surface area (Å²) in [6, 6.07) is 10.6. The predicted octanol–water partition coefficient (Wildman–Crippen LogP) is 4.36. The molecule has 0 fully saturated rings. The van der Waals surface area contributed by atoms with E-state index >= 15 is 0 Å². The van der Waals surface area contributed by atoms with E-state index in [1.807, 2.05) is 0 Å². The van der Waals surface area contributed by atoms with Gasteiger partial charge in [0, 0.05) is 11.6 Å². The number of halogens is 3. The second-order valence-corrected chi connectivity index (χ2v) is 7.20. The summed E-state index contributed by atoms with van der Waals surface area (Å²) in [5.74, 6) is 0.